The first-order valence-corrected chi connectivity index (χ1v) is 11.3. The van der Waals surface area contributed by atoms with Crippen molar-refractivity contribution in [2.45, 2.75) is 41.7 Å². The lowest BCUT2D eigenvalue weighted by Crippen LogP contribution is -2.32. The van der Waals surface area contributed by atoms with E-state index >= 15 is 0 Å². The fourth-order valence-electron chi connectivity index (χ4n) is 4.23. The highest BCUT2D eigenvalue weighted by molar-refractivity contribution is 7.93. The maximum absolute atomic E-state index is 13.2. The number of benzene rings is 2. The van der Waals surface area contributed by atoms with Crippen LogP contribution in [0.2, 0.25) is 0 Å². The van der Waals surface area contributed by atoms with Gasteiger partial charge in [-0.3, -0.25) is 0 Å². The molecule has 0 radical (unpaired) electrons. The van der Waals surface area contributed by atoms with E-state index in [4.69, 9.17) is 0 Å². The molecule has 2 aromatic rings. The molecule has 2 bridgehead atoms. The molecular formula is C20H21O2PS. The third-order valence-electron chi connectivity index (χ3n) is 5.53. The molecule has 1 fully saturated rings. The highest BCUT2D eigenvalue weighted by atomic mass is 32.2. The summed E-state index contributed by atoms with van der Waals surface area (Å²) in [7, 11) is -3.76. The van der Waals surface area contributed by atoms with Crippen LogP contribution in [0.4, 0.5) is 0 Å². The Morgan fingerprint density at radius 3 is 2.08 bits per heavy atom. The van der Waals surface area contributed by atoms with Gasteiger partial charge in [-0.05, 0) is 37.7 Å². The van der Waals surface area contributed by atoms with Gasteiger partial charge in [0.15, 0.2) is 9.84 Å². The number of hydrogen-bond acceptors (Lipinski definition) is 2. The van der Waals surface area contributed by atoms with Gasteiger partial charge in [0, 0.05) is 11.3 Å². The van der Waals surface area contributed by atoms with E-state index in [0.717, 1.165) is 6.42 Å². The summed E-state index contributed by atoms with van der Waals surface area (Å²) in [5.41, 5.74) is 3.31. The summed E-state index contributed by atoms with van der Waals surface area (Å²) >= 11 is 0. The average Bonchev–Trinajstić information content (AvgIpc) is 3.12. The fraction of sp³-hybridized carbons (Fsp3) is 0.300. The number of fused-ring (bicyclic) bond motifs is 2. The van der Waals surface area contributed by atoms with Gasteiger partial charge >= 0.3 is 0 Å². The van der Waals surface area contributed by atoms with Crippen LogP contribution >= 0.6 is 7.92 Å². The smallest absolute Gasteiger partial charge is 0.182 e. The molecule has 0 spiro atoms. The summed E-state index contributed by atoms with van der Waals surface area (Å²) in [5, 5.41) is 1.06. The maximum atomic E-state index is 13.2. The van der Waals surface area contributed by atoms with Crippen molar-refractivity contribution in [2.24, 2.45) is 0 Å². The van der Waals surface area contributed by atoms with Gasteiger partial charge in [-0.2, -0.15) is 0 Å². The Morgan fingerprint density at radius 2 is 1.46 bits per heavy atom. The van der Waals surface area contributed by atoms with Crippen molar-refractivity contribution in [2.75, 3.05) is 0 Å². The van der Waals surface area contributed by atoms with E-state index in [-0.39, 0.29) is 10.9 Å². The van der Waals surface area contributed by atoms with E-state index in [0.29, 0.717) is 10.6 Å². The highest BCUT2D eigenvalue weighted by Crippen LogP contribution is 2.66. The molecule has 2 aliphatic heterocycles. The molecule has 0 unspecified atom stereocenters. The summed E-state index contributed by atoms with van der Waals surface area (Å²) in [4.78, 5) is 0.469. The first-order chi connectivity index (χ1) is 11.5. The molecule has 0 N–H and O–H groups in total. The topological polar surface area (TPSA) is 34.1 Å². The maximum Gasteiger partial charge on any atom is 0.182 e. The second kappa shape index (κ2) is 5.82. The molecule has 4 atom stereocenters. The van der Waals surface area contributed by atoms with Crippen LogP contribution in [0.5, 0.6) is 0 Å². The average molecular weight is 356 g/mol. The summed E-state index contributed by atoms with van der Waals surface area (Å²) in [6.45, 7) is 4.34. The summed E-state index contributed by atoms with van der Waals surface area (Å²) in [6.07, 6.45) is 0.770. The third-order valence-corrected chi connectivity index (χ3v) is 11.4. The van der Waals surface area contributed by atoms with E-state index < -0.39 is 17.8 Å². The fourth-order valence-corrected chi connectivity index (χ4v) is 10.9. The van der Waals surface area contributed by atoms with E-state index in [2.05, 4.69) is 38.1 Å². The molecule has 0 aliphatic carbocycles. The monoisotopic (exact) mass is 356 g/mol. The number of sulfone groups is 1. The predicted octanol–water partition coefficient (Wildman–Crippen LogP) is 4.13. The van der Waals surface area contributed by atoms with Crippen LogP contribution in [-0.4, -0.2) is 25.0 Å². The van der Waals surface area contributed by atoms with Crippen LogP contribution in [-0.2, 0) is 9.84 Å². The molecule has 4 heteroatoms. The molecule has 1 saturated heterocycles. The number of allylic oxidation sites excluding steroid dienone is 2. The molecule has 2 aromatic carbocycles. The SMILES string of the molecule is CC1=C(C)[C@H]2[C@@H](S(=O)(=O)c3ccccc3)C[C@@H]1[P@]2c1ccccc1. The zero-order valence-corrected chi connectivity index (χ0v) is 15.6. The van der Waals surface area contributed by atoms with Gasteiger partial charge in [0.05, 0.1) is 10.1 Å². The van der Waals surface area contributed by atoms with Gasteiger partial charge in [-0.1, -0.05) is 67.6 Å². The zero-order chi connectivity index (χ0) is 16.9. The predicted molar refractivity (Wildman–Crippen MR) is 101 cm³/mol. The van der Waals surface area contributed by atoms with Gasteiger partial charge in [0.25, 0.3) is 0 Å². The van der Waals surface area contributed by atoms with Gasteiger partial charge < -0.3 is 0 Å². The second-order valence-corrected chi connectivity index (χ2v) is 11.4. The van der Waals surface area contributed by atoms with E-state index in [9.17, 15) is 8.42 Å². The van der Waals surface area contributed by atoms with Crippen LogP contribution in [0.15, 0.2) is 76.7 Å². The van der Waals surface area contributed by atoms with E-state index in [1.807, 2.05) is 24.3 Å². The van der Waals surface area contributed by atoms with Crippen molar-refractivity contribution in [3.63, 3.8) is 0 Å². The lowest BCUT2D eigenvalue weighted by molar-refractivity contribution is 0.572. The van der Waals surface area contributed by atoms with Crippen molar-refractivity contribution in [3.8, 4) is 0 Å². The van der Waals surface area contributed by atoms with Gasteiger partial charge in [0.1, 0.15) is 0 Å². The van der Waals surface area contributed by atoms with Gasteiger partial charge in [-0.25, -0.2) is 8.42 Å². The first kappa shape index (κ1) is 16.1. The van der Waals surface area contributed by atoms with E-state index in [1.165, 1.54) is 16.5 Å². The minimum Gasteiger partial charge on any atom is -0.223 e. The van der Waals surface area contributed by atoms with Crippen molar-refractivity contribution < 1.29 is 8.42 Å². The normalized spacial score (nSPS) is 29.2. The molecule has 2 nitrogen and oxygen atoms in total. The van der Waals surface area contributed by atoms with Crippen molar-refractivity contribution in [3.05, 3.63) is 71.8 Å². The standard InChI is InChI=1S/C20H21O2PS/c1-14-15(2)20-19(24(21,22)17-11-7-4-8-12-17)13-18(14)23(20)16-9-5-3-6-10-16/h3-12,18-20H,13H2,1-2H3/t18-,19-,20-,23-/m0/s1. The van der Waals surface area contributed by atoms with Crippen LogP contribution in [0.25, 0.3) is 0 Å². The van der Waals surface area contributed by atoms with E-state index in [1.54, 1.807) is 12.1 Å². The van der Waals surface area contributed by atoms with Crippen molar-refractivity contribution in [1.29, 1.82) is 0 Å². The van der Waals surface area contributed by atoms with Crippen LogP contribution in [0, 0.1) is 0 Å². The Bertz CT molecular complexity index is 888. The van der Waals surface area contributed by atoms with Crippen LogP contribution < -0.4 is 5.30 Å². The van der Waals surface area contributed by atoms with Gasteiger partial charge in [-0.15, -0.1) is 0 Å². The molecular weight excluding hydrogens is 335 g/mol. The molecule has 2 heterocycles. The Morgan fingerprint density at radius 1 is 0.875 bits per heavy atom. The number of rotatable bonds is 3. The molecule has 24 heavy (non-hydrogen) atoms. The van der Waals surface area contributed by atoms with Crippen LogP contribution in [0.1, 0.15) is 20.3 Å². The lowest BCUT2D eigenvalue weighted by Gasteiger charge is -2.25. The number of hydrogen-bond donors (Lipinski definition) is 0. The minimum atomic E-state index is -3.28. The lowest BCUT2D eigenvalue weighted by atomic mass is 9.94. The quantitative estimate of drug-likeness (QED) is 0.612. The molecule has 124 valence electrons. The molecule has 0 aromatic heterocycles. The van der Waals surface area contributed by atoms with Crippen molar-refractivity contribution in [1.82, 2.24) is 0 Å². The zero-order valence-electron chi connectivity index (χ0n) is 13.9. The Balaban J connectivity index is 1.78. The van der Waals surface area contributed by atoms with Crippen molar-refractivity contribution >= 4 is 23.1 Å². The summed E-state index contributed by atoms with van der Waals surface area (Å²) < 4.78 is 26.5. The highest BCUT2D eigenvalue weighted by Gasteiger charge is 2.55. The third kappa shape index (κ3) is 2.29. The molecule has 2 aliphatic rings. The second-order valence-electron chi connectivity index (χ2n) is 6.70. The Labute approximate surface area is 145 Å². The van der Waals surface area contributed by atoms with Gasteiger partial charge in [0.2, 0.25) is 0 Å². The molecule has 4 rings (SSSR count). The summed E-state index contributed by atoms with van der Waals surface area (Å²) in [6, 6.07) is 19.5. The van der Waals surface area contributed by atoms with Crippen LogP contribution in [0.3, 0.4) is 0 Å². The Hall–Kier alpha value is -1.44. The first-order valence-electron chi connectivity index (χ1n) is 8.31. The minimum absolute atomic E-state index is 0.164. The molecule has 0 amide bonds. The largest absolute Gasteiger partial charge is 0.223 e. The Kier molecular flexibility index (Phi) is 3.89. The molecule has 0 saturated carbocycles. The summed E-state index contributed by atoms with van der Waals surface area (Å²) in [5.74, 6) is 0.